The molecule has 0 aliphatic heterocycles. The summed E-state index contributed by atoms with van der Waals surface area (Å²) in [6.07, 6.45) is -0.258. The summed E-state index contributed by atoms with van der Waals surface area (Å²) in [4.78, 5) is 23.7. The molecule has 4 nitrogen and oxygen atoms in total. The van der Waals surface area contributed by atoms with Crippen molar-refractivity contribution >= 4 is 67.0 Å². The third kappa shape index (κ3) is 5.21. The second kappa shape index (κ2) is 8.85. The molecule has 0 saturated heterocycles. The lowest BCUT2D eigenvalue weighted by Crippen LogP contribution is -2.14. The maximum absolute atomic E-state index is 11.8. The molecule has 0 bridgehead atoms. The van der Waals surface area contributed by atoms with Crippen molar-refractivity contribution in [2.24, 2.45) is 0 Å². The first-order valence-corrected chi connectivity index (χ1v) is 9.02. The van der Waals surface area contributed by atoms with Gasteiger partial charge in [0.1, 0.15) is 11.5 Å². The molecule has 0 heterocycles. The molecule has 8 heteroatoms. The van der Waals surface area contributed by atoms with Gasteiger partial charge in [0.15, 0.2) is 0 Å². The van der Waals surface area contributed by atoms with Crippen LogP contribution >= 0.6 is 55.1 Å². The molecule has 2 aromatic carbocycles. The van der Waals surface area contributed by atoms with Gasteiger partial charge in [-0.3, -0.25) is 9.59 Å². The van der Waals surface area contributed by atoms with Gasteiger partial charge in [0.25, 0.3) is 0 Å². The second-order valence-corrected chi connectivity index (χ2v) is 6.95. The van der Waals surface area contributed by atoms with Crippen LogP contribution in [-0.4, -0.2) is 11.9 Å². The van der Waals surface area contributed by atoms with Crippen molar-refractivity contribution in [1.82, 2.24) is 0 Å². The van der Waals surface area contributed by atoms with Crippen LogP contribution < -0.4 is 9.47 Å². The summed E-state index contributed by atoms with van der Waals surface area (Å²) in [5.41, 5.74) is 0. The fraction of sp³-hybridized carbons (Fsp3) is 0.125. The summed E-state index contributed by atoms with van der Waals surface area (Å²) >= 11 is 18.3. The number of halogens is 4. The predicted molar refractivity (Wildman–Crippen MR) is 98.8 cm³/mol. The summed E-state index contributed by atoms with van der Waals surface area (Å²) in [7, 11) is 0. The van der Waals surface area contributed by atoms with Crippen LogP contribution in [0, 0.1) is 0 Å². The lowest BCUT2D eigenvalue weighted by molar-refractivity contribution is -0.140. The monoisotopic (exact) mass is 494 g/mol. The summed E-state index contributed by atoms with van der Waals surface area (Å²) in [5.74, 6) is -0.558. The molecule has 0 amide bonds. The molecule has 0 aliphatic carbocycles. The Morgan fingerprint density at radius 2 is 1.17 bits per heavy atom. The van der Waals surface area contributed by atoms with Crippen molar-refractivity contribution < 1.29 is 19.1 Å². The fourth-order valence-corrected chi connectivity index (χ4v) is 2.70. The van der Waals surface area contributed by atoms with Crippen molar-refractivity contribution in [2.45, 2.75) is 12.8 Å². The summed E-state index contributed by atoms with van der Waals surface area (Å²) in [6.45, 7) is 0. The van der Waals surface area contributed by atoms with E-state index in [-0.39, 0.29) is 12.8 Å². The van der Waals surface area contributed by atoms with E-state index in [1.807, 2.05) is 0 Å². The van der Waals surface area contributed by atoms with Crippen LogP contribution in [-0.2, 0) is 9.59 Å². The molecule has 0 spiro atoms. The van der Waals surface area contributed by atoms with Crippen molar-refractivity contribution in [1.29, 1.82) is 0 Å². The molecule has 24 heavy (non-hydrogen) atoms. The number of rotatable bonds is 5. The number of hydrogen-bond donors (Lipinski definition) is 0. The molecule has 0 fully saturated rings. The molecule has 126 valence electrons. The molecular formula is C16H10Br2Cl2O4. The van der Waals surface area contributed by atoms with Gasteiger partial charge >= 0.3 is 11.9 Å². The van der Waals surface area contributed by atoms with Crippen LogP contribution in [0.1, 0.15) is 12.8 Å². The molecule has 0 saturated carbocycles. The number of ether oxygens (including phenoxy) is 2. The van der Waals surface area contributed by atoms with E-state index in [0.717, 1.165) is 0 Å². The summed E-state index contributed by atoms with van der Waals surface area (Å²) in [5, 5.41) is 0.844. The molecule has 0 unspecified atom stereocenters. The SMILES string of the molecule is O=C(CCC(=O)Oc1cccc(Cl)c1Br)Oc1cccc(Cl)c1Br. The highest BCUT2D eigenvalue weighted by molar-refractivity contribution is 9.11. The topological polar surface area (TPSA) is 52.6 Å². The van der Waals surface area contributed by atoms with Crippen LogP contribution in [0.25, 0.3) is 0 Å². The van der Waals surface area contributed by atoms with Crippen molar-refractivity contribution in [3.05, 3.63) is 55.4 Å². The molecule has 0 N–H and O–H groups in total. The Morgan fingerprint density at radius 3 is 1.54 bits per heavy atom. The highest BCUT2D eigenvalue weighted by Crippen LogP contribution is 2.33. The average molecular weight is 497 g/mol. The first kappa shape index (κ1) is 19.2. The number of esters is 2. The highest BCUT2D eigenvalue weighted by atomic mass is 79.9. The van der Waals surface area contributed by atoms with E-state index >= 15 is 0 Å². The van der Waals surface area contributed by atoms with E-state index < -0.39 is 11.9 Å². The first-order chi connectivity index (χ1) is 11.4. The predicted octanol–water partition coefficient (Wildman–Crippen LogP) is 5.81. The van der Waals surface area contributed by atoms with Gasteiger partial charge in [-0.15, -0.1) is 0 Å². The number of carbonyl (C=O) groups excluding carboxylic acids is 2. The Bertz CT molecular complexity index is 715. The Hall–Kier alpha value is -1.08. The van der Waals surface area contributed by atoms with Gasteiger partial charge in [0, 0.05) is 0 Å². The minimum absolute atomic E-state index is 0.129. The zero-order valence-electron chi connectivity index (χ0n) is 12.0. The minimum atomic E-state index is -0.569. The number of benzene rings is 2. The Kier molecular flexibility index (Phi) is 7.10. The van der Waals surface area contributed by atoms with Crippen LogP contribution in [0.3, 0.4) is 0 Å². The quantitative estimate of drug-likeness (QED) is 0.387. The second-order valence-electron chi connectivity index (χ2n) is 4.55. The summed E-state index contributed by atoms with van der Waals surface area (Å²) < 4.78 is 11.3. The average Bonchev–Trinajstić information content (AvgIpc) is 2.54. The third-order valence-corrected chi connectivity index (χ3v) is 5.54. The number of carbonyl (C=O) groups is 2. The summed E-state index contributed by atoms with van der Waals surface area (Å²) in [6, 6.07) is 9.80. The zero-order valence-corrected chi connectivity index (χ0v) is 16.7. The minimum Gasteiger partial charge on any atom is -0.425 e. The standard InChI is InChI=1S/C16H10Br2Cl2O4/c17-15-9(19)3-1-5-11(15)23-13(21)7-8-14(22)24-12-6-2-4-10(20)16(12)18/h1-6H,7-8H2. The molecule has 0 radical (unpaired) electrons. The van der Waals surface area contributed by atoms with Gasteiger partial charge in [0.2, 0.25) is 0 Å². The van der Waals surface area contributed by atoms with Crippen LogP contribution in [0.15, 0.2) is 45.3 Å². The van der Waals surface area contributed by atoms with Gasteiger partial charge in [-0.1, -0.05) is 35.3 Å². The van der Waals surface area contributed by atoms with Gasteiger partial charge in [-0.25, -0.2) is 0 Å². The van der Waals surface area contributed by atoms with Gasteiger partial charge in [-0.05, 0) is 56.1 Å². The maximum atomic E-state index is 11.8. The maximum Gasteiger partial charge on any atom is 0.311 e. The lowest BCUT2D eigenvalue weighted by atomic mass is 10.3. The first-order valence-electron chi connectivity index (χ1n) is 6.68. The van der Waals surface area contributed by atoms with E-state index in [9.17, 15) is 9.59 Å². The molecular weight excluding hydrogens is 487 g/mol. The normalized spacial score (nSPS) is 10.3. The van der Waals surface area contributed by atoms with E-state index in [2.05, 4.69) is 31.9 Å². The highest BCUT2D eigenvalue weighted by Gasteiger charge is 2.15. The van der Waals surface area contributed by atoms with Crippen molar-refractivity contribution in [3.63, 3.8) is 0 Å². The lowest BCUT2D eigenvalue weighted by Gasteiger charge is -2.08. The van der Waals surface area contributed by atoms with Crippen LogP contribution in [0.4, 0.5) is 0 Å². The fourth-order valence-electron chi connectivity index (χ4n) is 1.68. The molecule has 2 rings (SSSR count). The zero-order chi connectivity index (χ0) is 17.7. The van der Waals surface area contributed by atoms with Crippen molar-refractivity contribution in [2.75, 3.05) is 0 Å². The Balaban J connectivity index is 1.88. The smallest absolute Gasteiger partial charge is 0.311 e. The largest absolute Gasteiger partial charge is 0.425 e. The Morgan fingerprint density at radius 1 is 0.792 bits per heavy atom. The van der Waals surface area contributed by atoms with Crippen LogP contribution in [0.5, 0.6) is 11.5 Å². The van der Waals surface area contributed by atoms with E-state index in [1.165, 1.54) is 0 Å². The van der Waals surface area contributed by atoms with E-state index in [1.54, 1.807) is 36.4 Å². The Labute approximate surface area is 165 Å². The molecule has 2 aromatic rings. The third-order valence-electron chi connectivity index (χ3n) is 2.81. The van der Waals surface area contributed by atoms with Crippen molar-refractivity contribution in [3.8, 4) is 11.5 Å². The van der Waals surface area contributed by atoms with Gasteiger partial charge in [0.05, 0.1) is 31.8 Å². The van der Waals surface area contributed by atoms with E-state index in [0.29, 0.717) is 30.5 Å². The van der Waals surface area contributed by atoms with Gasteiger partial charge < -0.3 is 9.47 Å². The molecule has 0 aromatic heterocycles. The molecule has 0 aliphatic rings. The van der Waals surface area contributed by atoms with Crippen LogP contribution in [0.2, 0.25) is 10.0 Å². The number of hydrogen-bond acceptors (Lipinski definition) is 4. The van der Waals surface area contributed by atoms with E-state index in [4.69, 9.17) is 32.7 Å². The van der Waals surface area contributed by atoms with Gasteiger partial charge in [-0.2, -0.15) is 0 Å². The molecule has 0 atom stereocenters.